The zero-order valence-electron chi connectivity index (χ0n) is 14.4. The van der Waals surface area contributed by atoms with E-state index in [2.05, 4.69) is 41.3 Å². The van der Waals surface area contributed by atoms with Crippen LogP contribution in [-0.2, 0) is 16.0 Å². The SMILES string of the molecule is O=C(C(c1ccccc1)N1CCCc2ccccc21)N1CCOCC1. The highest BCUT2D eigenvalue weighted by molar-refractivity contribution is 5.87. The van der Waals surface area contributed by atoms with Gasteiger partial charge in [0.05, 0.1) is 13.2 Å². The van der Waals surface area contributed by atoms with E-state index in [1.54, 1.807) is 0 Å². The zero-order chi connectivity index (χ0) is 17.1. The molecule has 2 aromatic carbocycles. The number of aryl methyl sites for hydroxylation is 1. The molecule has 2 aliphatic rings. The smallest absolute Gasteiger partial charge is 0.250 e. The second-order valence-corrected chi connectivity index (χ2v) is 6.68. The molecule has 1 fully saturated rings. The number of rotatable bonds is 3. The molecule has 0 aliphatic carbocycles. The lowest BCUT2D eigenvalue weighted by Crippen LogP contribution is -2.48. The third-order valence-corrected chi connectivity index (χ3v) is 5.13. The van der Waals surface area contributed by atoms with Crippen LogP contribution in [0.25, 0.3) is 0 Å². The Morgan fingerprint density at radius 2 is 1.64 bits per heavy atom. The fourth-order valence-corrected chi connectivity index (χ4v) is 3.88. The van der Waals surface area contributed by atoms with Crippen molar-refractivity contribution in [3.8, 4) is 0 Å². The molecular weight excluding hydrogens is 312 g/mol. The lowest BCUT2D eigenvalue weighted by molar-refractivity contribution is -0.137. The van der Waals surface area contributed by atoms with E-state index in [1.165, 1.54) is 11.3 Å². The number of para-hydroxylation sites is 1. The van der Waals surface area contributed by atoms with Crippen LogP contribution >= 0.6 is 0 Å². The number of carbonyl (C=O) groups is 1. The minimum Gasteiger partial charge on any atom is -0.378 e. The van der Waals surface area contributed by atoms with Crippen molar-refractivity contribution in [2.45, 2.75) is 18.9 Å². The van der Waals surface area contributed by atoms with Crippen molar-refractivity contribution in [1.82, 2.24) is 4.90 Å². The van der Waals surface area contributed by atoms with E-state index in [1.807, 2.05) is 23.1 Å². The van der Waals surface area contributed by atoms with Crippen molar-refractivity contribution in [2.24, 2.45) is 0 Å². The number of hydrogen-bond acceptors (Lipinski definition) is 3. The Balaban J connectivity index is 1.72. The number of benzene rings is 2. The summed E-state index contributed by atoms with van der Waals surface area (Å²) in [4.78, 5) is 17.7. The molecule has 2 aromatic rings. The molecule has 0 radical (unpaired) electrons. The molecule has 4 rings (SSSR count). The van der Waals surface area contributed by atoms with Gasteiger partial charge in [0.25, 0.3) is 0 Å². The van der Waals surface area contributed by atoms with E-state index >= 15 is 0 Å². The summed E-state index contributed by atoms with van der Waals surface area (Å²) in [6.07, 6.45) is 2.16. The number of fused-ring (bicyclic) bond motifs is 1. The van der Waals surface area contributed by atoms with Gasteiger partial charge in [-0.3, -0.25) is 4.79 Å². The summed E-state index contributed by atoms with van der Waals surface area (Å²) < 4.78 is 5.43. The van der Waals surface area contributed by atoms with Crippen molar-refractivity contribution < 1.29 is 9.53 Å². The van der Waals surface area contributed by atoms with Gasteiger partial charge in [-0.2, -0.15) is 0 Å². The highest BCUT2D eigenvalue weighted by atomic mass is 16.5. The number of hydrogen-bond donors (Lipinski definition) is 0. The molecule has 0 spiro atoms. The van der Waals surface area contributed by atoms with E-state index in [9.17, 15) is 4.79 Å². The molecule has 1 unspecified atom stereocenters. The van der Waals surface area contributed by atoms with Crippen LogP contribution in [0.3, 0.4) is 0 Å². The summed E-state index contributed by atoms with van der Waals surface area (Å²) in [7, 11) is 0. The number of carbonyl (C=O) groups excluding carboxylic acids is 1. The first-order valence-corrected chi connectivity index (χ1v) is 9.10. The number of amides is 1. The predicted molar refractivity (Wildman–Crippen MR) is 98.7 cm³/mol. The maximum absolute atomic E-state index is 13.4. The molecule has 1 atom stereocenters. The van der Waals surface area contributed by atoms with E-state index in [4.69, 9.17) is 4.74 Å². The van der Waals surface area contributed by atoms with Crippen LogP contribution in [0, 0.1) is 0 Å². The summed E-state index contributed by atoms with van der Waals surface area (Å²) in [6, 6.07) is 18.4. The Bertz CT molecular complexity index is 726. The predicted octanol–water partition coefficient (Wildman–Crippen LogP) is 3.04. The Morgan fingerprint density at radius 3 is 2.44 bits per heavy atom. The van der Waals surface area contributed by atoms with Gasteiger partial charge < -0.3 is 14.5 Å². The minimum atomic E-state index is -0.263. The summed E-state index contributed by atoms with van der Waals surface area (Å²) in [6.45, 7) is 3.52. The zero-order valence-corrected chi connectivity index (χ0v) is 14.4. The van der Waals surface area contributed by atoms with E-state index in [-0.39, 0.29) is 11.9 Å². The van der Waals surface area contributed by atoms with Gasteiger partial charge in [-0.05, 0) is 30.0 Å². The van der Waals surface area contributed by atoms with E-state index < -0.39 is 0 Å². The van der Waals surface area contributed by atoms with Crippen molar-refractivity contribution in [1.29, 1.82) is 0 Å². The third kappa shape index (κ3) is 3.27. The Hall–Kier alpha value is -2.33. The molecule has 2 heterocycles. The first-order valence-electron chi connectivity index (χ1n) is 9.10. The molecule has 0 aromatic heterocycles. The topological polar surface area (TPSA) is 32.8 Å². The maximum atomic E-state index is 13.4. The molecule has 0 N–H and O–H groups in total. The van der Waals surface area contributed by atoms with Crippen LogP contribution < -0.4 is 4.90 Å². The Morgan fingerprint density at radius 1 is 0.920 bits per heavy atom. The largest absolute Gasteiger partial charge is 0.378 e. The second kappa shape index (κ2) is 7.28. The lowest BCUT2D eigenvalue weighted by atomic mass is 9.96. The Kier molecular flexibility index (Phi) is 4.70. The Labute approximate surface area is 149 Å². The third-order valence-electron chi connectivity index (χ3n) is 5.13. The standard InChI is InChI=1S/C21H24N2O2/c24-21(22-13-15-25-16-14-22)20(18-8-2-1-3-9-18)23-12-6-10-17-7-4-5-11-19(17)23/h1-5,7-9,11,20H,6,10,12-16H2. The monoisotopic (exact) mass is 336 g/mol. The van der Waals surface area contributed by atoms with Crippen LogP contribution in [0.5, 0.6) is 0 Å². The number of nitrogens with zero attached hydrogens (tertiary/aromatic N) is 2. The van der Waals surface area contributed by atoms with Crippen LogP contribution in [-0.4, -0.2) is 43.7 Å². The van der Waals surface area contributed by atoms with Crippen LogP contribution in [0.4, 0.5) is 5.69 Å². The van der Waals surface area contributed by atoms with Gasteiger partial charge in [-0.1, -0.05) is 48.5 Å². The van der Waals surface area contributed by atoms with Gasteiger partial charge in [0.1, 0.15) is 6.04 Å². The maximum Gasteiger partial charge on any atom is 0.250 e. The molecular formula is C21H24N2O2. The van der Waals surface area contributed by atoms with Gasteiger partial charge in [-0.15, -0.1) is 0 Å². The van der Waals surface area contributed by atoms with Gasteiger partial charge in [0.15, 0.2) is 0 Å². The van der Waals surface area contributed by atoms with Crippen molar-refractivity contribution in [3.05, 3.63) is 65.7 Å². The fraction of sp³-hybridized carbons (Fsp3) is 0.381. The fourth-order valence-electron chi connectivity index (χ4n) is 3.88. The minimum absolute atomic E-state index is 0.186. The molecule has 1 saturated heterocycles. The molecule has 25 heavy (non-hydrogen) atoms. The highest BCUT2D eigenvalue weighted by Gasteiger charge is 2.34. The van der Waals surface area contributed by atoms with Gasteiger partial charge in [-0.25, -0.2) is 0 Å². The number of morpholine rings is 1. The molecule has 4 nitrogen and oxygen atoms in total. The molecule has 2 aliphatic heterocycles. The van der Waals surface area contributed by atoms with Crippen molar-refractivity contribution >= 4 is 11.6 Å². The molecule has 130 valence electrons. The number of ether oxygens (including phenoxy) is 1. The normalized spacial score (nSPS) is 18.6. The second-order valence-electron chi connectivity index (χ2n) is 6.68. The first-order chi connectivity index (χ1) is 12.3. The average Bonchev–Trinajstić information content (AvgIpc) is 2.70. The van der Waals surface area contributed by atoms with Gasteiger partial charge >= 0.3 is 0 Å². The summed E-state index contributed by atoms with van der Waals surface area (Å²) in [5.74, 6) is 0.186. The average molecular weight is 336 g/mol. The molecule has 0 saturated carbocycles. The lowest BCUT2D eigenvalue weighted by Gasteiger charge is -2.40. The first kappa shape index (κ1) is 16.2. The van der Waals surface area contributed by atoms with Crippen LogP contribution in [0.1, 0.15) is 23.6 Å². The quantitative estimate of drug-likeness (QED) is 0.864. The van der Waals surface area contributed by atoms with E-state index in [0.29, 0.717) is 26.3 Å². The van der Waals surface area contributed by atoms with Crippen molar-refractivity contribution in [3.63, 3.8) is 0 Å². The van der Waals surface area contributed by atoms with Crippen LogP contribution in [0.15, 0.2) is 54.6 Å². The van der Waals surface area contributed by atoms with E-state index in [0.717, 1.165) is 24.9 Å². The molecule has 0 bridgehead atoms. The highest BCUT2D eigenvalue weighted by Crippen LogP contribution is 2.35. The summed E-state index contributed by atoms with van der Waals surface area (Å²) >= 11 is 0. The van der Waals surface area contributed by atoms with Gasteiger partial charge in [0, 0.05) is 25.3 Å². The summed E-state index contributed by atoms with van der Waals surface area (Å²) in [5, 5.41) is 0. The molecule has 4 heteroatoms. The van der Waals surface area contributed by atoms with Crippen molar-refractivity contribution in [2.75, 3.05) is 37.7 Å². The number of anilines is 1. The summed E-state index contributed by atoms with van der Waals surface area (Å²) in [5.41, 5.74) is 3.60. The van der Waals surface area contributed by atoms with Crippen LogP contribution in [0.2, 0.25) is 0 Å². The molecule has 1 amide bonds. The van der Waals surface area contributed by atoms with Gasteiger partial charge in [0.2, 0.25) is 5.91 Å².